The maximum absolute atomic E-state index is 14.6. The minimum absolute atomic E-state index is 0.00603. The maximum atomic E-state index is 14.6. The minimum Gasteiger partial charge on any atom is -0.291 e. The maximum Gasteiger partial charge on any atom is 0.269 e. The molecule has 0 aromatic heterocycles. The number of likely N-dealkylation sites (N-methyl/N-ethyl adjacent to an activating group) is 1. The van der Waals surface area contributed by atoms with Crippen LogP contribution < -0.4 is 0 Å². The van der Waals surface area contributed by atoms with E-state index in [0.717, 1.165) is 27.8 Å². The molecule has 0 amide bonds. The molecular formula is C31H22N2O4. The summed E-state index contributed by atoms with van der Waals surface area (Å²) >= 11 is 0. The Kier molecular flexibility index (Phi) is 4.31. The molecule has 0 unspecified atom stereocenters. The van der Waals surface area contributed by atoms with Crippen LogP contribution in [0.5, 0.6) is 0 Å². The quantitative estimate of drug-likeness (QED) is 0.215. The number of non-ortho nitro benzene ring substituents is 1. The largest absolute Gasteiger partial charge is 0.291 e. The van der Waals surface area contributed by atoms with Crippen molar-refractivity contribution in [1.29, 1.82) is 0 Å². The molecule has 0 radical (unpaired) electrons. The molecule has 0 bridgehead atoms. The predicted octanol–water partition coefficient (Wildman–Crippen LogP) is 5.41. The van der Waals surface area contributed by atoms with Crippen molar-refractivity contribution < 1.29 is 14.5 Å². The van der Waals surface area contributed by atoms with Crippen molar-refractivity contribution >= 4 is 17.3 Å². The van der Waals surface area contributed by atoms with E-state index in [0.29, 0.717) is 17.7 Å². The summed E-state index contributed by atoms with van der Waals surface area (Å²) in [6, 6.07) is 29.7. The molecule has 6 heteroatoms. The summed E-state index contributed by atoms with van der Waals surface area (Å²) in [5.74, 6) is -0.677. The Morgan fingerprint density at radius 2 is 1.19 bits per heavy atom. The Labute approximate surface area is 213 Å². The van der Waals surface area contributed by atoms with Crippen LogP contribution in [-0.2, 0) is 5.41 Å². The highest BCUT2D eigenvalue weighted by Gasteiger charge is 2.76. The number of benzene rings is 4. The number of hydrogen-bond acceptors (Lipinski definition) is 5. The zero-order valence-electron chi connectivity index (χ0n) is 20.0. The van der Waals surface area contributed by atoms with Gasteiger partial charge in [0.05, 0.1) is 10.3 Å². The van der Waals surface area contributed by atoms with E-state index in [1.54, 1.807) is 36.4 Å². The molecule has 1 aliphatic heterocycles. The average Bonchev–Trinajstić information content (AvgIpc) is 3.47. The summed E-state index contributed by atoms with van der Waals surface area (Å²) in [5, 5.41) is 11.4. The zero-order chi connectivity index (χ0) is 25.5. The van der Waals surface area contributed by atoms with Gasteiger partial charge in [0.1, 0.15) is 0 Å². The Morgan fingerprint density at radius 3 is 1.68 bits per heavy atom. The number of ketones is 2. The van der Waals surface area contributed by atoms with Crippen molar-refractivity contribution in [3.05, 3.63) is 135 Å². The summed E-state index contributed by atoms with van der Waals surface area (Å²) in [4.78, 5) is 42.1. The van der Waals surface area contributed by atoms with Gasteiger partial charge in [-0.25, -0.2) is 0 Å². The molecule has 7 rings (SSSR count). The molecule has 2 aliphatic carbocycles. The van der Waals surface area contributed by atoms with Crippen molar-refractivity contribution in [2.24, 2.45) is 0 Å². The van der Waals surface area contributed by atoms with Gasteiger partial charge in [-0.3, -0.25) is 24.6 Å². The summed E-state index contributed by atoms with van der Waals surface area (Å²) in [5.41, 5.74) is 3.17. The van der Waals surface area contributed by atoms with Crippen LogP contribution in [-0.4, -0.2) is 40.5 Å². The van der Waals surface area contributed by atoms with Crippen LogP contribution in [0.2, 0.25) is 0 Å². The van der Waals surface area contributed by atoms with Gasteiger partial charge in [0.2, 0.25) is 0 Å². The highest BCUT2D eigenvalue weighted by atomic mass is 16.6. The fourth-order valence-electron chi connectivity index (χ4n) is 7.40. The normalized spacial score (nSPS) is 20.3. The Hall–Kier alpha value is -4.42. The van der Waals surface area contributed by atoms with E-state index >= 15 is 0 Å². The van der Waals surface area contributed by atoms with Crippen LogP contribution in [0.25, 0.3) is 11.1 Å². The first-order valence-electron chi connectivity index (χ1n) is 12.3. The number of nitrogens with zero attached hydrogens (tertiary/aromatic N) is 2. The zero-order valence-corrected chi connectivity index (χ0v) is 20.0. The molecule has 0 N–H and O–H groups in total. The van der Waals surface area contributed by atoms with E-state index in [4.69, 9.17) is 0 Å². The van der Waals surface area contributed by atoms with Gasteiger partial charge in [0, 0.05) is 35.7 Å². The Balaban J connectivity index is 1.61. The van der Waals surface area contributed by atoms with Gasteiger partial charge < -0.3 is 0 Å². The number of likely N-dealkylation sites (tertiary alicyclic amines) is 1. The third-order valence-corrected chi connectivity index (χ3v) is 8.70. The number of carbonyl (C=O) groups excluding carboxylic acids is 2. The summed E-state index contributed by atoms with van der Waals surface area (Å²) < 4.78 is 0. The first kappa shape index (κ1) is 21.8. The lowest BCUT2D eigenvalue weighted by atomic mass is 9.56. The Bertz CT molecular complexity index is 1580. The van der Waals surface area contributed by atoms with Gasteiger partial charge >= 0.3 is 0 Å². The lowest BCUT2D eigenvalue weighted by molar-refractivity contribution is -0.384. The van der Waals surface area contributed by atoms with Crippen LogP contribution in [0.15, 0.2) is 97.1 Å². The lowest BCUT2D eigenvalue weighted by Gasteiger charge is -2.45. The van der Waals surface area contributed by atoms with E-state index < -0.39 is 15.9 Å². The van der Waals surface area contributed by atoms with Crippen LogP contribution >= 0.6 is 0 Å². The number of rotatable bonds is 2. The van der Waals surface area contributed by atoms with Gasteiger partial charge in [-0.15, -0.1) is 0 Å². The molecule has 1 fully saturated rings. The molecule has 1 saturated heterocycles. The van der Waals surface area contributed by atoms with Gasteiger partial charge in [0.25, 0.3) is 5.69 Å². The van der Waals surface area contributed by atoms with Crippen LogP contribution in [0.4, 0.5) is 5.69 Å². The number of fused-ring (bicyclic) bond motifs is 7. The Morgan fingerprint density at radius 1 is 0.730 bits per heavy atom. The number of nitro benzene ring substituents is 1. The number of Topliss-reactive ketones (excluding diaryl/α,β-unsaturated/α-hetero) is 2. The minimum atomic E-state index is -1.48. The topological polar surface area (TPSA) is 80.5 Å². The second-order valence-corrected chi connectivity index (χ2v) is 10.1. The van der Waals surface area contributed by atoms with E-state index in [2.05, 4.69) is 12.1 Å². The molecule has 0 saturated carbocycles. The van der Waals surface area contributed by atoms with Crippen LogP contribution in [0.3, 0.4) is 0 Å². The lowest BCUT2D eigenvalue weighted by Crippen LogP contribution is -2.63. The standard InChI is InChI=1S/C31H22N2O4/c1-32-18-27(19-14-16-20(17-15-19)33(36)37)30(31(32)28(34)23-10-2-3-11-24(23)29(31)35)25-12-6-4-8-21(25)22-9-5-7-13-26(22)30/h2-17,27H,18H2,1H3/t27-/m1/s1. The van der Waals surface area contributed by atoms with E-state index in [1.807, 2.05) is 48.3 Å². The van der Waals surface area contributed by atoms with Gasteiger partial charge in [-0.2, -0.15) is 0 Å². The summed E-state index contributed by atoms with van der Waals surface area (Å²) in [6.45, 7) is 0.436. The van der Waals surface area contributed by atoms with Crippen molar-refractivity contribution in [3.8, 4) is 11.1 Å². The second-order valence-electron chi connectivity index (χ2n) is 10.1. The molecule has 3 aliphatic rings. The molecule has 4 aromatic rings. The highest BCUT2D eigenvalue weighted by Crippen LogP contribution is 2.67. The third-order valence-electron chi connectivity index (χ3n) is 8.70. The molecule has 2 spiro atoms. The van der Waals surface area contributed by atoms with Crippen molar-refractivity contribution in [2.45, 2.75) is 16.9 Å². The van der Waals surface area contributed by atoms with Crippen LogP contribution in [0, 0.1) is 10.1 Å². The van der Waals surface area contributed by atoms with Gasteiger partial charge in [0.15, 0.2) is 17.1 Å². The second kappa shape index (κ2) is 7.31. The molecular weight excluding hydrogens is 464 g/mol. The predicted molar refractivity (Wildman–Crippen MR) is 139 cm³/mol. The number of nitro groups is 1. The molecule has 180 valence electrons. The molecule has 1 heterocycles. The molecule has 4 aromatic carbocycles. The number of hydrogen-bond donors (Lipinski definition) is 0. The number of carbonyl (C=O) groups is 2. The fourth-order valence-corrected chi connectivity index (χ4v) is 7.40. The smallest absolute Gasteiger partial charge is 0.269 e. The van der Waals surface area contributed by atoms with E-state index in [-0.39, 0.29) is 23.2 Å². The van der Waals surface area contributed by atoms with Gasteiger partial charge in [-0.05, 0) is 34.9 Å². The van der Waals surface area contributed by atoms with Crippen LogP contribution in [0.1, 0.15) is 43.3 Å². The monoisotopic (exact) mass is 486 g/mol. The first-order valence-corrected chi connectivity index (χ1v) is 12.3. The summed E-state index contributed by atoms with van der Waals surface area (Å²) in [6.07, 6.45) is 0. The molecule has 37 heavy (non-hydrogen) atoms. The highest BCUT2D eigenvalue weighted by molar-refractivity contribution is 6.35. The first-order chi connectivity index (χ1) is 17.9. The molecule has 1 atom stereocenters. The van der Waals surface area contributed by atoms with E-state index in [1.165, 1.54) is 12.1 Å². The van der Waals surface area contributed by atoms with Crippen molar-refractivity contribution in [3.63, 3.8) is 0 Å². The van der Waals surface area contributed by atoms with E-state index in [9.17, 15) is 19.7 Å². The fraction of sp³-hybridized carbons (Fsp3) is 0.161. The van der Waals surface area contributed by atoms with Crippen molar-refractivity contribution in [2.75, 3.05) is 13.6 Å². The molecule has 6 nitrogen and oxygen atoms in total. The SMILES string of the molecule is CN1C[C@H](c2ccc([N+](=O)[O-])cc2)C2(c3ccccc3-c3ccccc32)C12C(=O)c1ccccc1C2=O. The van der Waals surface area contributed by atoms with Gasteiger partial charge in [-0.1, -0.05) is 84.9 Å². The summed E-state index contributed by atoms with van der Waals surface area (Å²) in [7, 11) is 1.86. The van der Waals surface area contributed by atoms with Crippen molar-refractivity contribution in [1.82, 2.24) is 4.90 Å². The average molecular weight is 487 g/mol. The third kappa shape index (κ3) is 2.39.